The van der Waals surface area contributed by atoms with Gasteiger partial charge in [0.1, 0.15) is 5.15 Å². The molecule has 0 N–H and O–H groups in total. The molecular formula is C26H26Cl2N4O. The Kier molecular flexibility index (Phi) is 7.65. The number of hydrogen-bond donors (Lipinski definition) is 0. The highest BCUT2D eigenvalue weighted by atomic mass is 35.5. The highest BCUT2D eigenvalue weighted by Gasteiger charge is 2.22. The number of piperazine rings is 1. The second-order valence-electron chi connectivity index (χ2n) is 7.96. The summed E-state index contributed by atoms with van der Waals surface area (Å²) < 4.78 is 0. The van der Waals surface area contributed by atoms with Gasteiger partial charge >= 0.3 is 0 Å². The number of rotatable bonds is 6. The third kappa shape index (κ3) is 5.93. The van der Waals surface area contributed by atoms with Crippen LogP contribution in [-0.4, -0.2) is 55.6 Å². The zero-order chi connectivity index (χ0) is 23.2. The quantitative estimate of drug-likeness (QED) is 0.436. The Balaban J connectivity index is 1.38. The van der Waals surface area contributed by atoms with Crippen LogP contribution < -0.4 is 9.80 Å². The molecule has 33 heavy (non-hydrogen) atoms. The Labute approximate surface area is 204 Å². The van der Waals surface area contributed by atoms with Gasteiger partial charge in [0.25, 0.3) is 5.91 Å². The van der Waals surface area contributed by atoms with Gasteiger partial charge < -0.3 is 9.80 Å². The number of pyridine rings is 1. The molecule has 7 heteroatoms. The van der Waals surface area contributed by atoms with E-state index in [0.29, 0.717) is 10.7 Å². The summed E-state index contributed by atoms with van der Waals surface area (Å²) in [5.74, 6) is -0.113. The molecule has 2 aromatic carbocycles. The maximum Gasteiger partial charge on any atom is 0.258 e. The molecule has 0 atom stereocenters. The summed E-state index contributed by atoms with van der Waals surface area (Å²) >= 11 is 11.9. The zero-order valence-electron chi connectivity index (χ0n) is 18.5. The van der Waals surface area contributed by atoms with Crippen molar-refractivity contribution in [2.75, 3.05) is 49.6 Å². The van der Waals surface area contributed by atoms with E-state index in [0.717, 1.165) is 54.7 Å². The third-order valence-corrected chi connectivity index (χ3v) is 6.24. The van der Waals surface area contributed by atoms with Crippen molar-refractivity contribution in [3.8, 4) is 0 Å². The Bertz CT molecular complexity index is 1130. The van der Waals surface area contributed by atoms with Gasteiger partial charge in [-0.05, 0) is 42.0 Å². The lowest BCUT2D eigenvalue weighted by molar-refractivity contribution is 0.0993. The minimum absolute atomic E-state index is 0.113. The summed E-state index contributed by atoms with van der Waals surface area (Å²) in [7, 11) is 1.80. The molecule has 1 aliphatic heterocycles. The molecule has 0 radical (unpaired) electrons. The van der Waals surface area contributed by atoms with Crippen LogP contribution in [0.3, 0.4) is 0 Å². The van der Waals surface area contributed by atoms with Crippen LogP contribution in [0.4, 0.5) is 11.4 Å². The van der Waals surface area contributed by atoms with Crippen molar-refractivity contribution in [1.29, 1.82) is 0 Å². The Morgan fingerprint density at radius 3 is 2.48 bits per heavy atom. The number of anilines is 2. The molecule has 1 amide bonds. The standard InChI is InChI=1S/C26H26Cl2N4O/c1-30(26(33)21-12-13-29-25(28)19-21)23-6-2-3-7-24(23)32-17-15-31(16-18-32)14-4-5-20-8-10-22(27)11-9-20/h2-13,19H,14-18H2,1H3. The number of carbonyl (C=O) groups excluding carboxylic acids is 1. The van der Waals surface area contributed by atoms with Gasteiger partial charge in [-0.3, -0.25) is 9.69 Å². The second-order valence-corrected chi connectivity index (χ2v) is 8.79. The van der Waals surface area contributed by atoms with Crippen LogP contribution in [-0.2, 0) is 0 Å². The largest absolute Gasteiger partial charge is 0.367 e. The van der Waals surface area contributed by atoms with Crippen LogP contribution in [0, 0.1) is 0 Å². The lowest BCUT2D eigenvalue weighted by atomic mass is 10.1. The van der Waals surface area contributed by atoms with E-state index in [4.69, 9.17) is 23.2 Å². The van der Waals surface area contributed by atoms with Gasteiger partial charge in [0.05, 0.1) is 11.4 Å². The van der Waals surface area contributed by atoms with Crippen LogP contribution >= 0.6 is 23.2 Å². The van der Waals surface area contributed by atoms with Crippen LogP contribution in [0.25, 0.3) is 6.08 Å². The molecule has 0 bridgehead atoms. The maximum absolute atomic E-state index is 13.0. The lowest BCUT2D eigenvalue weighted by Gasteiger charge is -2.37. The van der Waals surface area contributed by atoms with Crippen molar-refractivity contribution in [2.24, 2.45) is 0 Å². The van der Waals surface area contributed by atoms with E-state index < -0.39 is 0 Å². The fourth-order valence-corrected chi connectivity index (χ4v) is 4.24. The van der Waals surface area contributed by atoms with E-state index in [-0.39, 0.29) is 5.91 Å². The Hall–Kier alpha value is -2.86. The van der Waals surface area contributed by atoms with Crippen molar-refractivity contribution < 1.29 is 4.79 Å². The number of carbonyl (C=O) groups is 1. The summed E-state index contributed by atoms with van der Waals surface area (Å²) in [6.45, 7) is 4.61. The topological polar surface area (TPSA) is 39.7 Å². The number of hydrogen-bond acceptors (Lipinski definition) is 4. The fourth-order valence-electron chi connectivity index (χ4n) is 3.94. The molecule has 0 unspecified atom stereocenters. The molecule has 0 saturated carbocycles. The van der Waals surface area contributed by atoms with Crippen LogP contribution in [0.1, 0.15) is 15.9 Å². The maximum atomic E-state index is 13.0. The molecule has 170 valence electrons. The number of nitrogens with zero attached hydrogens (tertiary/aromatic N) is 4. The van der Waals surface area contributed by atoms with Gasteiger partial charge in [-0.25, -0.2) is 4.98 Å². The fraction of sp³-hybridized carbons (Fsp3) is 0.231. The summed E-state index contributed by atoms with van der Waals surface area (Å²) in [6.07, 6.45) is 5.87. The average Bonchev–Trinajstić information content (AvgIpc) is 2.85. The first kappa shape index (κ1) is 23.3. The number of aromatic nitrogens is 1. The third-order valence-electron chi connectivity index (χ3n) is 5.78. The molecular weight excluding hydrogens is 455 g/mol. The van der Waals surface area contributed by atoms with Gasteiger partial charge in [0, 0.05) is 56.6 Å². The normalized spacial score (nSPS) is 14.6. The van der Waals surface area contributed by atoms with E-state index in [9.17, 15) is 4.79 Å². The minimum atomic E-state index is -0.113. The molecule has 0 aliphatic carbocycles. The Morgan fingerprint density at radius 1 is 1.03 bits per heavy atom. The van der Waals surface area contributed by atoms with Gasteiger partial charge in [-0.15, -0.1) is 0 Å². The highest BCUT2D eigenvalue weighted by Crippen LogP contribution is 2.30. The van der Waals surface area contributed by atoms with Gasteiger partial charge in [0.15, 0.2) is 0 Å². The molecule has 1 aromatic heterocycles. The van der Waals surface area contributed by atoms with Gasteiger partial charge in [-0.2, -0.15) is 0 Å². The molecule has 1 fully saturated rings. The first-order valence-corrected chi connectivity index (χ1v) is 11.6. The molecule has 2 heterocycles. The van der Waals surface area contributed by atoms with Crippen molar-refractivity contribution in [3.63, 3.8) is 0 Å². The lowest BCUT2D eigenvalue weighted by Crippen LogP contribution is -2.46. The average molecular weight is 481 g/mol. The van der Waals surface area contributed by atoms with E-state index >= 15 is 0 Å². The van der Waals surface area contributed by atoms with Gasteiger partial charge in [-0.1, -0.05) is 59.6 Å². The molecule has 3 aromatic rings. The summed E-state index contributed by atoms with van der Waals surface area (Å²) in [5.41, 5.74) is 3.61. The van der Waals surface area contributed by atoms with E-state index in [2.05, 4.69) is 33.0 Å². The zero-order valence-corrected chi connectivity index (χ0v) is 20.0. The van der Waals surface area contributed by atoms with E-state index in [1.807, 2.05) is 42.5 Å². The summed E-state index contributed by atoms with van der Waals surface area (Å²) in [5, 5.41) is 1.06. The van der Waals surface area contributed by atoms with Crippen molar-refractivity contribution >= 4 is 46.6 Å². The predicted octanol–water partition coefficient (Wildman–Crippen LogP) is 5.50. The number of amides is 1. The molecule has 4 rings (SSSR count). The molecule has 1 saturated heterocycles. The van der Waals surface area contributed by atoms with Crippen molar-refractivity contribution in [1.82, 2.24) is 9.88 Å². The Morgan fingerprint density at radius 2 is 1.76 bits per heavy atom. The van der Waals surface area contributed by atoms with Crippen LogP contribution in [0.5, 0.6) is 0 Å². The van der Waals surface area contributed by atoms with Crippen molar-refractivity contribution in [2.45, 2.75) is 0 Å². The minimum Gasteiger partial charge on any atom is -0.367 e. The first-order chi connectivity index (χ1) is 16.0. The van der Waals surface area contributed by atoms with Crippen molar-refractivity contribution in [3.05, 3.63) is 94.2 Å². The number of para-hydroxylation sites is 2. The number of benzene rings is 2. The molecule has 5 nitrogen and oxygen atoms in total. The summed E-state index contributed by atoms with van der Waals surface area (Å²) in [6, 6.07) is 19.2. The summed E-state index contributed by atoms with van der Waals surface area (Å²) in [4.78, 5) is 23.5. The highest BCUT2D eigenvalue weighted by molar-refractivity contribution is 6.30. The van der Waals surface area contributed by atoms with E-state index in [1.165, 1.54) is 0 Å². The second kappa shape index (κ2) is 10.8. The number of halogens is 2. The SMILES string of the molecule is CN(C(=O)c1ccnc(Cl)c1)c1ccccc1N1CCN(CC=Cc2ccc(Cl)cc2)CC1. The molecule has 0 spiro atoms. The smallest absolute Gasteiger partial charge is 0.258 e. The van der Waals surface area contributed by atoms with Crippen LogP contribution in [0.15, 0.2) is 72.9 Å². The molecule has 1 aliphatic rings. The van der Waals surface area contributed by atoms with Crippen LogP contribution in [0.2, 0.25) is 10.2 Å². The monoisotopic (exact) mass is 480 g/mol. The first-order valence-electron chi connectivity index (χ1n) is 10.9. The predicted molar refractivity (Wildman–Crippen MR) is 138 cm³/mol. The van der Waals surface area contributed by atoms with E-state index in [1.54, 1.807) is 30.3 Å². The van der Waals surface area contributed by atoms with Gasteiger partial charge in [0.2, 0.25) is 0 Å².